The molecule has 1 aliphatic carbocycles. The maximum atomic E-state index is 5.73. The van der Waals surface area contributed by atoms with Gasteiger partial charge in [-0.25, -0.2) is 0 Å². The van der Waals surface area contributed by atoms with Crippen LogP contribution in [-0.4, -0.2) is 30.4 Å². The molecule has 0 radical (unpaired) electrons. The highest BCUT2D eigenvalue weighted by atomic mass is 35.5. The molecule has 13 heavy (non-hydrogen) atoms. The lowest BCUT2D eigenvalue weighted by molar-refractivity contribution is 0.132. The van der Waals surface area contributed by atoms with Crippen LogP contribution in [-0.2, 0) is 0 Å². The fourth-order valence-corrected chi connectivity index (χ4v) is 2.41. The Kier molecular flexibility index (Phi) is 4.06. The van der Waals surface area contributed by atoms with Gasteiger partial charge in [-0.1, -0.05) is 13.8 Å². The van der Waals surface area contributed by atoms with Crippen molar-refractivity contribution in [3.63, 3.8) is 0 Å². The maximum Gasteiger partial charge on any atom is 0.0351 e. The highest BCUT2D eigenvalue weighted by Gasteiger charge is 2.28. The molecule has 0 N–H and O–H groups in total. The van der Waals surface area contributed by atoms with E-state index in [9.17, 15) is 0 Å². The largest absolute Gasteiger partial charge is 0.302 e. The Morgan fingerprint density at radius 3 is 2.31 bits per heavy atom. The molecule has 1 fully saturated rings. The highest BCUT2D eigenvalue weighted by molar-refractivity contribution is 6.18. The summed E-state index contributed by atoms with van der Waals surface area (Å²) < 4.78 is 0. The zero-order chi connectivity index (χ0) is 9.90. The van der Waals surface area contributed by atoms with Crippen molar-refractivity contribution in [1.82, 2.24) is 4.90 Å². The summed E-state index contributed by atoms with van der Waals surface area (Å²) in [5.41, 5.74) is 0.582. The third-order valence-electron chi connectivity index (χ3n) is 3.37. The Bertz CT molecular complexity index is 146. The topological polar surface area (TPSA) is 3.24 Å². The fourth-order valence-electron chi connectivity index (χ4n) is 2.14. The van der Waals surface area contributed by atoms with Crippen molar-refractivity contribution in [3.05, 3.63) is 0 Å². The van der Waals surface area contributed by atoms with Crippen molar-refractivity contribution in [1.29, 1.82) is 0 Å². The molecule has 1 saturated carbocycles. The predicted molar refractivity (Wildman–Crippen MR) is 59.4 cm³/mol. The highest BCUT2D eigenvalue weighted by Crippen LogP contribution is 2.36. The molecular weight excluding hydrogens is 182 g/mol. The SMILES string of the molecule is CN(CCCl)C1CCC(C)(C)CC1. The summed E-state index contributed by atoms with van der Waals surface area (Å²) in [5, 5.41) is 0. The van der Waals surface area contributed by atoms with Crippen molar-refractivity contribution in [3.8, 4) is 0 Å². The van der Waals surface area contributed by atoms with Crippen molar-refractivity contribution >= 4 is 11.6 Å². The van der Waals surface area contributed by atoms with Gasteiger partial charge in [0.05, 0.1) is 0 Å². The molecule has 2 heteroatoms. The Morgan fingerprint density at radius 2 is 1.85 bits per heavy atom. The minimum Gasteiger partial charge on any atom is -0.302 e. The van der Waals surface area contributed by atoms with Gasteiger partial charge in [-0.05, 0) is 38.1 Å². The van der Waals surface area contributed by atoms with E-state index in [1.807, 2.05) is 0 Å². The molecule has 1 nitrogen and oxygen atoms in total. The average molecular weight is 204 g/mol. The Labute approximate surface area is 87.4 Å². The van der Waals surface area contributed by atoms with Crippen LogP contribution in [0.2, 0.25) is 0 Å². The number of hydrogen-bond acceptors (Lipinski definition) is 1. The number of rotatable bonds is 3. The lowest BCUT2D eigenvalue weighted by atomic mass is 9.75. The van der Waals surface area contributed by atoms with E-state index in [2.05, 4.69) is 25.8 Å². The standard InChI is InChI=1S/C11H22ClN/c1-11(2)6-4-10(5-7-11)13(3)9-8-12/h10H,4-9H2,1-3H3. The average Bonchev–Trinajstić information content (AvgIpc) is 2.04. The third kappa shape index (κ3) is 3.47. The minimum absolute atomic E-state index is 0.582. The van der Waals surface area contributed by atoms with Crippen LogP contribution in [0.15, 0.2) is 0 Å². The molecule has 0 amide bonds. The van der Waals surface area contributed by atoms with Gasteiger partial charge in [0.15, 0.2) is 0 Å². The molecule has 0 spiro atoms. The number of hydrogen-bond donors (Lipinski definition) is 0. The molecule has 1 aliphatic rings. The first-order valence-corrected chi connectivity index (χ1v) is 5.85. The lowest BCUT2D eigenvalue weighted by Gasteiger charge is -2.38. The zero-order valence-electron chi connectivity index (χ0n) is 9.15. The summed E-state index contributed by atoms with van der Waals surface area (Å²) in [6.07, 6.45) is 5.43. The van der Waals surface area contributed by atoms with Crippen molar-refractivity contribution < 1.29 is 0 Å². The summed E-state index contributed by atoms with van der Waals surface area (Å²) >= 11 is 5.73. The number of alkyl halides is 1. The molecule has 0 bridgehead atoms. The Balaban J connectivity index is 2.32. The van der Waals surface area contributed by atoms with E-state index in [-0.39, 0.29) is 0 Å². The molecule has 0 atom stereocenters. The van der Waals surface area contributed by atoms with E-state index in [0.717, 1.165) is 18.5 Å². The van der Waals surface area contributed by atoms with Gasteiger partial charge >= 0.3 is 0 Å². The summed E-state index contributed by atoms with van der Waals surface area (Å²) in [5.74, 6) is 0.760. The van der Waals surface area contributed by atoms with Gasteiger partial charge < -0.3 is 4.90 Å². The van der Waals surface area contributed by atoms with Crippen LogP contribution in [0.4, 0.5) is 0 Å². The van der Waals surface area contributed by atoms with Gasteiger partial charge in [0, 0.05) is 18.5 Å². The Morgan fingerprint density at radius 1 is 1.31 bits per heavy atom. The van der Waals surface area contributed by atoms with Gasteiger partial charge in [0.1, 0.15) is 0 Å². The second-order valence-electron chi connectivity index (χ2n) is 5.06. The van der Waals surface area contributed by atoms with Crippen LogP contribution in [0.25, 0.3) is 0 Å². The predicted octanol–water partition coefficient (Wildman–Crippen LogP) is 3.13. The van der Waals surface area contributed by atoms with E-state index in [0.29, 0.717) is 5.41 Å². The summed E-state index contributed by atoms with van der Waals surface area (Å²) in [4.78, 5) is 2.42. The summed E-state index contributed by atoms with van der Waals surface area (Å²) in [7, 11) is 2.20. The van der Waals surface area contributed by atoms with Gasteiger partial charge in [-0.3, -0.25) is 0 Å². The molecule has 0 saturated heterocycles. The van der Waals surface area contributed by atoms with Crippen LogP contribution in [0.3, 0.4) is 0 Å². The van der Waals surface area contributed by atoms with Crippen LogP contribution < -0.4 is 0 Å². The van der Waals surface area contributed by atoms with Crippen LogP contribution in [0.5, 0.6) is 0 Å². The first kappa shape index (κ1) is 11.3. The van der Waals surface area contributed by atoms with Gasteiger partial charge in [0.2, 0.25) is 0 Å². The zero-order valence-corrected chi connectivity index (χ0v) is 9.90. The van der Waals surface area contributed by atoms with E-state index in [1.165, 1.54) is 25.7 Å². The van der Waals surface area contributed by atoms with Crippen LogP contribution in [0, 0.1) is 5.41 Å². The van der Waals surface area contributed by atoms with Crippen molar-refractivity contribution in [2.24, 2.45) is 5.41 Å². The molecule has 0 heterocycles. The normalized spacial score (nSPS) is 23.8. The van der Waals surface area contributed by atoms with Gasteiger partial charge in [0.25, 0.3) is 0 Å². The fraction of sp³-hybridized carbons (Fsp3) is 1.00. The van der Waals surface area contributed by atoms with Crippen molar-refractivity contribution in [2.75, 3.05) is 19.5 Å². The second-order valence-corrected chi connectivity index (χ2v) is 5.44. The molecule has 1 rings (SSSR count). The van der Waals surface area contributed by atoms with E-state index in [4.69, 9.17) is 11.6 Å². The smallest absolute Gasteiger partial charge is 0.0351 e. The summed E-state index contributed by atoms with van der Waals surface area (Å²) in [6.45, 7) is 5.79. The molecular formula is C11H22ClN. The van der Waals surface area contributed by atoms with Gasteiger partial charge in [-0.15, -0.1) is 11.6 Å². The Hall–Kier alpha value is 0.250. The lowest BCUT2D eigenvalue weighted by Crippen LogP contribution is -2.38. The molecule has 78 valence electrons. The van der Waals surface area contributed by atoms with Crippen LogP contribution in [0.1, 0.15) is 39.5 Å². The van der Waals surface area contributed by atoms with E-state index >= 15 is 0 Å². The molecule has 0 aromatic heterocycles. The monoisotopic (exact) mass is 203 g/mol. The first-order chi connectivity index (χ1) is 6.05. The molecule has 0 unspecified atom stereocenters. The third-order valence-corrected chi connectivity index (χ3v) is 3.54. The maximum absolute atomic E-state index is 5.73. The summed E-state index contributed by atoms with van der Waals surface area (Å²) in [6, 6.07) is 0.784. The minimum atomic E-state index is 0.582. The quantitative estimate of drug-likeness (QED) is 0.638. The molecule has 0 aromatic rings. The first-order valence-electron chi connectivity index (χ1n) is 5.31. The second kappa shape index (κ2) is 4.65. The number of nitrogens with zero attached hydrogens (tertiary/aromatic N) is 1. The number of halogens is 1. The van der Waals surface area contributed by atoms with Gasteiger partial charge in [-0.2, -0.15) is 0 Å². The molecule has 0 aromatic carbocycles. The van der Waals surface area contributed by atoms with Crippen molar-refractivity contribution in [2.45, 2.75) is 45.6 Å². The van der Waals surface area contributed by atoms with E-state index in [1.54, 1.807) is 0 Å². The van der Waals surface area contributed by atoms with E-state index < -0.39 is 0 Å². The van der Waals surface area contributed by atoms with Crippen LogP contribution >= 0.6 is 11.6 Å². The molecule has 0 aliphatic heterocycles.